The van der Waals surface area contributed by atoms with Crippen molar-refractivity contribution in [1.82, 2.24) is 15.1 Å². The van der Waals surface area contributed by atoms with Gasteiger partial charge in [0.15, 0.2) is 4.34 Å². The van der Waals surface area contributed by atoms with E-state index < -0.39 is 0 Å². The molecule has 9 heteroatoms. The van der Waals surface area contributed by atoms with Crippen LogP contribution in [0.3, 0.4) is 0 Å². The maximum absolute atomic E-state index is 12.4. The number of halogens is 1. The summed E-state index contributed by atoms with van der Waals surface area (Å²) in [6.07, 6.45) is 1.75. The lowest BCUT2D eigenvalue weighted by Crippen LogP contribution is -2.31. The average molecular weight is 419 g/mol. The van der Waals surface area contributed by atoms with E-state index in [0.717, 1.165) is 18.1 Å². The zero-order valence-corrected chi connectivity index (χ0v) is 15.9. The molecule has 0 aliphatic heterocycles. The second-order valence-corrected chi connectivity index (χ2v) is 8.93. The number of nitrogens with zero attached hydrogens (tertiary/aromatic N) is 3. The van der Waals surface area contributed by atoms with E-state index in [4.69, 9.17) is 0 Å². The third kappa shape index (κ3) is 5.08. The molecule has 0 unspecified atom stereocenters. The van der Waals surface area contributed by atoms with Gasteiger partial charge in [-0.3, -0.25) is 4.79 Å². The van der Waals surface area contributed by atoms with Crippen LogP contribution in [0.25, 0.3) is 0 Å². The van der Waals surface area contributed by atoms with Crippen LogP contribution in [-0.2, 0) is 11.3 Å². The van der Waals surface area contributed by atoms with Gasteiger partial charge in [-0.1, -0.05) is 29.2 Å². The van der Waals surface area contributed by atoms with Crippen LogP contribution in [0.4, 0.5) is 5.13 Å². The molecule has 2 rings (SSSR count). The Bertz CT molecular complexity index is 643. The number of aromatic nitrogens is 2. The highest BCUT2D eigenvalue weighted by atomic mass is 79.9. The minimum atomic E-state index is 0.0654. The molecule has 2 heterocycles. The number of nitrogens with one attached hydrogen (secondary N) is 1. The average Bonchev–Trinajstić information content (AvgIpc) is 3.13. The molecule has 0 spiro atoms. The first-order chi connectivity index (χ1) is 10.6. The van der Waals surface area contributed by atoms with Crippen molar-refractivity contribution in [2.75, 3.05) is 24.7 Å². The molecule has 0 aliphatic carbocycles. The highest BCUT2D eigenvalue weighted by Gasteiger charge is 2.15. The molecular formula is C13H15BrN4OS3. The van der Waals surface area contributed by atoms with Gasteiger partial charge >= 0.3 is 0 Å². The van der Waals surface area contributed by atoms with Crippen LogP contribution in [0.15, 0.2) is 32.9 Å². The highest BCUT2D eigenvalue weighted by Crippen LogP contribution is 2.26. The minimum Gasteiger partial charge on any atom is -0.363 e. The molecule has 0 aliphatic rings. The Kier molecular flexibility index (Phi) is 6.87. The number of hydrogen-bond acceptors (Lipinski definition) is 7. The van der Waals surface area contributed by atoms with Gasteiger partial charge < -0.3 is 10.2 Å². The SMILES string of the molecule is C=CCN(Cc1ccc(Br)s1)C(=O)CSc1nnc(NC)s1. The van der Waals surface area contributed by atoms with Crippen LogP contribution in [0.1, 0.15) is 4.88 Å². The van der Waals surface area contributed by atoms with Crippen LogP contribution < -0.4 is 5.32 Å². The second-order valence-electron chi connectivity index (χ2n) is 4.18. The van der Waals surface area contributed by atoms with E-state index in [-0.39, 0.29) is 5.91 Å². The number of amides is 1. The summed E-state index contributed by atoms with van der Waals surface area (Å²) in [5.41, 5.74) is 0. The summed E-state index contributed by atoms with van der Waals surface area (Å²) in [4.78, 5) is 15.3. The van der Waals surface area contributed by atoms with Gasteiger partial charge in [-0.15, -0.1) is 28.1 Å². The first-order valence-electron chi connectivity index (χ1n) is 6.39. The number of rotatable bonds is 8. The van der Waals surface area contributed by atoms with E-state index in [2.05, 4.69) is 38.0 Å². The van der Waals surface area contributed by atoms with Crippen molar-refractivity contribution >= 4 is 61.4 Å². The minimum absolute atomic E-state index is 0.0654. The van der Waals surface area contributed by atoms with Crippen LogP contribution in [0, 0.1) is 0 Å². The maximum Gasteiger partial charge on any atom is 0.233 e. The first-order valence-corrected chi connectivity index (χ1v) is 9.80. The van der Waals surface area contributed by atoms with Gasteiger partial charge in [0.05, 0.1) is 16.1 Å². The third-order valence-electron chi connectivity index (χ3n) is 2.62. The quantitative estimate of drug-likeness (QED) is 0.522. The summed E-state index contributed by atoms with van der Waals surface area (Å²) in [7, 11) is 1.80. The highest BCUT2D eigenvalue weighted by molar-refractivity contribution is 9.11. The Morgan fingerprint density at radius 3 is 2.91 bits per heavy atom. The van der Waals surface area contributed by atoms with Crippen LogP contribution in [0.5, 0.6) is 0 Å². The van der Waals surface area contributed by atoms with Crippen molar-refractivity contribution in [3.8, 4) is 0 Å². The molecule has 0 radical (unpaired) electrons. The lowest BCUT2D eigenvalue weighted by atomic mass is 10.4. The van der Waals surface area contributed by atoms with E-state index in [0.29, 0.717) is 18.8 Å². The van der Waals surface area contributed by atoms with Crippen molar-refractivity contribution in [3.63, 3.8) is 0 Å². The molecule has 1 N–H and O–H groups in total. The van der Waals surface area contributed by atoms with E-state index >= 15 is 0 Å². The molecule has 0 fully saturated rings. The Balaban J connectivity index is 1.92. The predicted octanol–water partition coefficient (Wildman–Crippen LogP) is 3.71. The van der Waals surface area contributed by atoms with Crippen molar-refractivity contribution in [2.45, 2.75) is 10.9 Å². The molecule has 2 aromatic heterocycles. The van der Waals surface area contributed by atoms with Gasteiger partial charge in [0.1, 0.15) is 0 Å². The molecule has 118 valence electrons. The second kappa shape index (κ2) is 8.66. The maximum atomic E-state index is 12.4. The zero-order chi connectivity index (χ0) is 15.9. The summed E-state index contributed by atoms with van der Waals surface area (Å²) < 4.78 is 1.85. The van der Waals surface area contributed by atoms with Gasteiger partial charge in [-0.2, -0.15) is 0 Å². The molecule has 5 nitrogen and oxygen atoms in total. The number of thiophene rings is 1. The number of carbonyl (C=O) groups excluding carboxylic acids is 1. The van der Waals surface area contributed by atoms with Crippen LogP contribution in [-0.4, -0.2) is 40.3 Å². The molecule has 0 saturated heterocycles. The summed E-state index contributed by atoms with van der Waals surface area (Å²) in [6.45, 7) is 4.86. The Labute approximate surface area is 150 Å². The summed E-state index contributed by atoms with van der Waals surface area (Å²) >= 11 is 7.92. The van der Waals surface area contributed by atoms with Crippen LogP contribution >= 0.6 is 50.4 Å². The molecule has 22 heavy (non-hydrogen) atoms. The fourth-order valence-electron chi connectivity index (χ4n) is 1.62. The Hall–Kier alpha value is -0.900. The van der Waals surface area contributed by atoms with Crippen molar-refractivity contribution < 1.29 is 4.79 Å². The van der Waals surface area contributed by atoms with Gasteiger partial charge in [0.2, 0.25) is 11.0 Å². The first kappa shape index (κ1) is 17.5. The van der Waals surface area contributed by atoms with E-state index in [9.17, 15) is 4.79 Å². The summed E-state index contributed by atoms with van der Waals surface area (Å²) in [5, 5.41) is 11.7. The number of hydrogen-bond donors (Lipinski definition) is 1. The molecule has 0 aromatic carbocycles. The van der Waals surface area contributed by atoms with E-state index in [1.54, 1.807) is 29.4 Å². The number of carbonyl (C=O) groups is 1. The van der Waals surface area contributed by atoms with Crippen molar-refractivity contribution in [1.29, 1.82) is 0 Å². The third-order valence-corrected chi connectivity index (χ3v) is 6.28. The molecule has 0 bridgehead atoms. The Morgan fingerprint density at radius 2 is 2.32 bits per heavy atom. The number of anilines is 1. The van der Waals surface area contributed by atoms with E-state index in [1.165, 1.54) is 23.1 Å². The molecule has 1 amide bonds. The lowest BCUT2D eigenvalue weighted by molar-refractivity contribution is -0.128. The van der Waals surface area contributed by atoms with Gasteiger partial charge in [0.25, 0.3) is 0 Å². The normalized spacial score (nSPS) is 10.5. The van der Waals surface area contributed by atoms with Gasteiger partial charge in [-0.05, 0) is 28.1 Å². The monoisotopic (exact) mass is 418 g/mol. The number of thioether (sulfide) groups is 1. The Morgan fingerprint density at radius 1 is 1.50 bits per heavy atom. The standard InChI is InChI=1S/C13H15BrN4OS3/c1-3-6-18(7-9-4-5-10(14)21-9)11(19)8-20-13-17-16-12(15-2)22-13/h3-5H,1,6-8H2,2H3,(H,15,16). The molecule has 0 saturated carbocycles. The fourth-order valence-corrected chi connectivity index (χ4v) is 4.73. The predicted molar refractivity (Wildman–Crippen MR) is 97.8 cm³/mol. The van der Waals surface area contributed by atoms with E-state index in [1.807, 2.05) is 12.1 Å². The lowest BCUT2D eigenvalue weighted by Gasteiger charge is -2.19. The van der Waals surface area contributed by atoms with Gasteiger partial charge in [0, 0.05) is 18.5 Å². The topological polar surface area (TPSA) is 58.1 Å². The zero-order valence-electron chi connectivity index (χ0n) is 11.9. The molecular weight excluding hydrogens is 404 g/mol. The van der Waals surface area contributed by atoms with Crippen LogP contribution in [0.2, 0.25) is 0 Å². The van der Waals surface area contributed by atoms with Crippen molar-refractivity contribution in [2.24, 2.45) is 0 Å². The molecule has 0 atom stereocenters. The summed E-state index contributed by atoms with van der Waals surface area (Å²) in [6, 6.07) is 4.01. The van der Waals surface area contributed by atoms with Crippen molar-refractivity contribution in [3.05, 3.63) is 33.5 Å². The summed E-state index contributed by atoms with van der Waals surface area (Å²) in [5.74, 6) is 0.411. The van der Waals surface area contributed by atoms with Gasteiger partial charge in [-0.25, -0.2) is 0 Å². The smallest absolute Gasteiger partial charge is 0.233 e. The largest absolute Gasteiger partial charge is 0.363 e. The molecule has 2 aromatic rings. The fraction of sp³-hybridized carbons (Fsp3) is 0.308.